The van der Waals surface area contributed by atoms with Gasteiger partial charge in [0.05, 0.1) is 17.0 Å². The number of methoxy groups -OCH3 is 1. The average Bonchev–Trinajstić information content (AvgIpc) is 2.37. The van der Waals surface area contributed by atoms with Crippen LogP contribution in [0.4, 0.5) is 0 Å². The SMILES string of the molecule is COC(=O)CN(C)S(=O)(=O)c1ccc(C(N)=S)c(Cl)c1. The molecule has 2 N–H and O–H groups in total. The lowest BCUT2D eigenvalue weighted by atomic mass is 10.2. The van der Waals surface area contributed by atoms with E-state index in [1.165, 1.54) is 32.4 Å². The molecule has 20 heavy (non-hydrogen) atoms. The van der Waals surface area contributed by atoms with E-state index in [1.807, 2.05) is 0 Å². The number of thiocarbonyl (C=S) groups is 1. The number of likely N-dealkylation sites (N-methyl/N-ethyl adjacent to an activating group) is 1. The van der Waals surface area contributed by atoms with Gasteiger partial charge in [0.25, 0.3) is 0 Å². The van der Waals surface area contributed by atoms with Gasteiger partial charge in [-0.05, 0) is 18.2 Å². The molecule has 1 aromatic rings. The van der Waals surface area contributed by atoms with Gasteiger partial charge in [0, 0.05) is 12.6 Å². The van der Waals surface area contributed by atoms with Gasteiger partial charge in [-0.1, -0.05) is 23.8 Å². The lowest BCUT2D eigenvalue weighted by Gasteiger charge is -2.16. The zero-order valence-corrected chi connectivity index (χ0v) is 13.2. The third-order valence-corrected chi connectivity index (χ3v) is 4.83. The fraction of sp³-hybridized carbons (Fsp3) is 0.273. The maximum Gasteiger partial charge on any atom is 0.321 e. The predicted octanol–water partition coefficient (Wildman–Crippen LogP) is 0.768. The summed E-state index contributed by atoms with van der Waals surface area (Å²) in [5.74, 6) is -0.665. The number of nitrogens with zero attached hydrogens (tertiary/aromatic N) is 1. The van der Waals surface area contributed by atoms with E-state index < -0.39 is 22.5 Å². The number of ether oxygens (including phenoxy) is 1. The van der Waals surface area contributed by atoms with E-state index in [0.29, 0.717) is 5.56 Å². The number of halogens is 1. The Balaban J connectivity index is 3.13. The number of benzene rings is 1. The van der Waals surface area contributed by atoms with Crippen LogP contribution < -0.4 is 5.73 Å². The molecule has 6 nitrogen and oxygen atoms in total. The number of sulfonamides is 1. The molecule has 0 aromatic heterocycles. The largest absolute Gasteiger partial charge is 0.468 e. The van der Waals surface area contributed by atoms with Crippen LogP contribution in [0.25, 0.3) is 0 Å². The van der Waals surface area contributed by atoms with Crippen LogP contribution in [0.3, 0.4) is 0 Å². The van der Waals surface area contributed by atoms with E-state index in [1.54, 1.807) is 0 Å². The fourth-order valence-corrected chi connectivity index (χ4v) is 3.09. The van der Waals surface area contributed by atoms with Crippen molar-refractivity contribution in [3.05, 3.63) is 28.8 Å². The Morgan fingerprint density at radius 3 is 2.55 bits per heavy atom. The molecular formula is C11H13ClN2O4S2. The minimum absolute atomic E-state index is 0.0612. The third-order valence-electron chi connectivity index (χ3n) is 2.49. The number of hydrogen-bond acceptors (Lipinski definition) is 5. The number of esters is 1. The minimum Gasteiger partial charge on any atom is -0.468 e. The molecule has 1 aromatic carbocycles. The molecule has 0 saturated carbocycles. The maximum atomic E-state index is 12.2. The zero-order chi connectivity index (χ0) is 15.5. The van der Waals surface area contributed by atoms with Crippen molar-refractivity contribution in [1.82, 2.24) is 4.31 Å². The van der Waals surface area contributed by atoms with Crippen molar-refractivity contribution in [2.24, 2.45) is 5.73 Å². The average molecular weight is 337 g/mol. The number of carbonyl (C=O) groups is 1. The smallest absolute Gasteiger partial charge is 0.321 e. The second-order valence-electron chi connectivity index (χ2n) is 3.84. The van der Waals surface area contributed by atoms with Crippen LogP contribution in [0, 0.1) is 0 Å². The minimum atomic E-state index is -3.85. The van der Waals surface area contributed by atoms with E-state index in [9.17, 15) is 13.2 Å². The Labute approximate surface area is 127 Å². The number of hydrogen-bond donors (Lipinski definition) is 1. The second-order valence-corrected chi connectivity index (χ2v) is 6.74. The van der Waals surface area contributed by atoms with E-state index in [4.69, 9.17) is 29.6 Å². The van der Waals surface area contributed by atoms with Crippen LogP contribution in [0.5, 0.6) is 0 Å². The van der Waals surface area contributed by atoms with Gasteiger partial charge in [-0.15, -0.1) is 0 Å². The van der Waals surface area contributed by atoms with Crippen LogP contribution in [-0.2, 0) is 19.6 Å². The van der Waals surface area contributed by atoms with Crippen molar-refractivity contribution in [1.29, 1.82) is 0 Å². The highest BCUT2D eigenvalue weighted by atomic mass is 35.5. The fourth-order valence-electron chi connectivity index (χ4n) is 1.37. The first kappa shape index (κ1) is 16.8. The molecule has 0 radical (unpaired) electrons. The van der Waals surface area contributed by atoms with Gasteiger partial charge in [0.15, 0.2) is 0 Å². The normalized spacial score (nSPS) is 11.4. The molecule has 0 heterocycles. The molecule has 1 rings (SSSR count). The Morgan fingerprint density at radius 2 is 2.10 bits per heavy atom. The molecule has 0 aliphatic carbocycles. The maximum absolute atomic E-state index is 12.2. The number of rotatable bonds is 5. The van der Waals surface area contributed by atoms with Gasteiger partial charge in [-0.3, -0.25) is 4.79 Å². The molecule has 0 saturated heterocycles. The van der Waals surface area contributed by atoms with Crippen molar-refractivity contribution in [3.63, 3.8) is 0 Å². The Morgan fingerprint density at radius 1 is 1.50 bits per heavy atom. The van der Waals surface area contributed by atoms with Gasteiger partial charge in [0.2, 0.25) is 10.0 Å². The molecule has 0 aliphatic heterocycles. The first-order chi connectivity index (χ1) is 9.20. The molecular weight excluding hydrogens is 324 g/mol. The van der Waals surface area contributed by atoms with Crippen LogP contribution in [-0.4, -0.2) is 44.4 Å². The highest BCUT2D eigenvalue weighted by Gasteiger charge is 2.24. The molecule has 0 bridgehead atoms. The summed E-state index contributed by atoms with van der Waals surface area (Å²) < 4.78 is 29.7. The lowest BCUT2D eigenvalue weighted by Crippen LogP contribution is -2.32. The standard InChI is InChI=1S/C11H13ClN2O4S2/c1-14(6-10(15)18-2)20(16,17)7-3-4-8(11(13)19)9(12)5-7/h3-5H,6H2,1-2H3,(H2,13,19). The molecule has 9 heteroatoms. The Bertz CT molecular complexity index is 646. The van der Waals surface area contributed by atoms with Crippen molar-refractivity contribution < 1.29 is 17.9 Å². The van der Waals surface area contributed by atoms with Gasteiger partial charge in [-0.2, -0.15) is 4.31 Å². The van der Waals surface area contributed by atoms with Crippen molar-refractivity contribution in [2.75, 3.05) is 20.7 Å². The molecule has 0 fully saturated rings. The van der Waals surface area contributed by atoms with Crippen molar-refractivity contribution >= 4 is 44.8 Å². The van der Waals surface area contributed by atoms with Gasteiger partial charge < -0.3 is 10.5 Å². The van der Waals surface area contributed by atoms with Crippen molar-refractivity contribution in [3.8, 4) is 0 Å². The quantitative estimate of drug-likeness (QED) is 0.631. The summed E-state index contributed by atoms with van der Waals surface area (Å²) in [5.41, 5.74) is 5.83. The highest BCUT2D eigenvalue weighted by molar-refractivity contribution is 7.89. The summed E-state index contributed by atoms with van der Waals surface area (Å²) >= 11 is 10.7. The van der Waals surface area contributed by atoms with Crippen LogP contribution in [0.2, 0.25) is 5.02 Å². The molecule has 110 valence electrons. The van der Waals surface area contributed by atoms with Gasteiger partial charge in [0.1, 0.15) is 11.5 Å². The van der Waals surface area contributed by atoms with E-state index in [-0.39, 0.29) is 14.9 Å². The first-order valence-corrected chi connectivity index (χ1v) is 7.55. The molecule has 0 spiro atoms. The number of nitrogens with two attached hydrogens (primary N) is 1. The first-order valence-electron chi connectivity index (χ1n) is 5.32. The number of carbonyl (C=O) groups excluding carboxylic acids is 1. The molecule has 0 unspecified atom stereocenters. The summed E-state index contributed by atoms with van der Waals surface area (Å²) in [5, 5.41) is 0.130. The summed E-state index contributed by atoms with van der Waals surface area (Å²) in [7, 11) is -1.40. The zero-order valence-electron chi connectivity index (χ0n) is 10.8. The Hall–Kier alpha value is -1.22. The summed E-state index contributed by atoms with van der Waals surface area (Å²) in [6.45, 7) is -0.395. The van der Waals surface area contributed by atoms with Crippen LogP contribution in [0.15, 0.2) is 23.1 Å². The highest BCUT2D eigenvalue weighted by Crippen LogP contribution is 2.22. The molecule has 0 atom stereocenters. The summed E-state index contributed by atoms with van der Waals surface area (Å²) in [4.78, 5) is 11.1. The van der Waals surface area contributed by atoms with Gasteiger partial charge in [-0.25, -0.2) is 8.42 Å². The van der Waals surface area contributed by atoms with E-state index >= 15 is 0 Å². The van der Waals surface area contributed by atoms with E-state index in [0.717, 1.165) is 4.31 Å². The van der Waals surface area contributed by atoms with Crippen LogP contribution >= 0.6 is 23.8 Å². The summed E-state index contributed by atoms with van der Waals surface area (Å²) in [6, 6.07) is 3.98. The lowest BCUT2D eigenvalue weighted by molar-refractivity contribution is -0.140. The van der Waals surface area contributed by atoms with Gasteiger partial charge >= 0.3 is 5.97 Å². The summed E-state index contributed by atoms with van der Waals surface area (Å²) in [6.07, 6.45) is 0. The van der Waals surface area contributed by atoms with Crippen LogP contribution in [0.1, 0.15) is 5.56 Å². The molecule has 0 amide bonds. The molecule has 0 aliphatic rings. The topological polar surface area (TPSA) is 89.7 Å². The third kappa shape index (κ3) is 3.66. The second kappa shape index (κ2) is 6.49. The monoisotopic (exact) mass is 336 g/mol. The predicted molar refractivity (Wildman–Crippen MR) is 79.2 cm³/mol. The van der Waals surface area contributed by atoms with Crippen molar-refractivity contribution in [2.45, 2.75) is 4.90 Å². The van der Waals surface area contributed by atoms with E-state index in [2.05, 4.69) is 4.74 Å². The Kier molecular flexibility index (Phi) is 5.46.